The van der Waals surface area contributed by atoms with Crippen LogP contribution < -0.4 is 5.32 Å². The Labute approximate surface area is 200 Å². The first-order valence-corrected chi connectivity index (χ1v) is 10.7. The normalized spacial score (nSPS) is 11.3. The molecule has 0 spiro atoms. The van der Waals surface area contributed by atoms with Crippen LogP contribution in [0.2, 0.25) is 15.1 Å². The number of aromatic nitrogens is 2. The Morgan fingerprint density at radius 2 is 1.84 bits per heavy atom. The molecule has 0 bridgehead atoms. The van der Waals surface area contributed by atoms with E-state index in [0.717, 1.165) is 5.69 Å². The van der Waals surface area contributed by atoms with Crippen LogP contribution in [0, 0.1) is 0 Å². The maximum Gasteiger partial charge on any atom is 0.325 e. The summed E-state index contributed by atoms with van der Waals surface area (Å²) in [7, 11) is 1.58. The molecule has 3 rings (SSSR count). The van der Waals surface area contributed by atoms with Crippen LogP contribution in [0.4, 0.5) is 5.82 Å². The predicted molar refractivity (Wildman–Crippen MR) is 130 cm³/mol. The Kier molecular flexibility index (Phi) is 7.90. The van der Waals surface area contributed by atoms with Gasteiger partial charge >= 0.3 is 5.97 Å². The van der Waals surface area contributed by atoms with Crippen molar-refractivity contribution in [3.8, 4) is 17.1 Å². The average Bonchev–Trinajstić information content (AvgIpc) is 3.14. The molecule has 0 aliphatic rings. The molecule has 0 amide bonds. The molecule has 0 aliphatic heterocycles. The van der Waals surface area contributed by atoms with E-state index in [1.54, 1.807) is 48.9 Å². The van der Waals surface area contributed by atoms with Gasteiger partial charge in [0.25, 0.3) is 0 Å². The molecule has 1 N–H and O–H groups in total. The SMILES string of the molecule is C=Nc1c(C(=NC)NCC(=O)OCC)nc(-c2ccc(Cl)cc2Cl)n1-c1ccc(Cl)cc1. The molecule has 1 aromatic heterocycles. The number of carbonyl (C=O) groups is 1. The van der Waals surface area contributed by atoms with Gasteiger partial charge in [-0.15, -0.1) is 0 Å². The first kappa shape index (κ1) is 23.8. The van der Waals surface area contributed by atoms with Gasteiger partial charge in [0.1, 0.15) is 12.4 Å². The fraction of sp³-hybridized carbons (Fsp3) is 0.182. The van der Waals surface area contributed by atoms with Crippen LogP contribution in [0.3, 0.4) is 0 Å². The minimum Gasteiger partial charge on any atom is -0.465 e. The summed E-state index contributed by atoms with van der Waals surface area (Å²) < 4.78 is 6.76. The third-order valence-corrected chi connectivity index (χ3v) is 5.21. The molecule has 32 heavy (non-hydrogen) atoms. The van der Waals surface area contributed by atoms with Crippen LogP contribution in [-0.4, -0.2) is 48.3 Å². The quantitative estimate of drug-likeness (QED) is 0.273. The van der Waals surface area contributed by atoms with Gasteiger partial charge in [0.15, 0.2) is 17.3 Å². The summed E-state index contributed by atoms with van der Waals surface area (Å²) in [6.45, 7) is 5.65. The van der Waals surface area contributed by atoms with Gasteiger partial charge in [-0.05, 0) is 56.1 Å². The van der Waals surface area contributed by atoms with Crippen molar-refractivity contribution in [3.05, 3.63) is 63.2 Å². The van der Waals surface area contributed by atoms with E-state index in [9.17, 15) is 4.79 Å². The van der Waals surface area contributed by atoms with Crippen LogP contribution in [0.15, 0.2) is 52.4 Å². The lowest BCUT2D eigenvalue weighted by atomic mass is 10.2. The number of ether oxygens (including phenoxy) is 1. The van der Waals surface area contributed by atoms with Crippen molar-refractivity contribution in [1.82, 2.24) is 14.9 Å². The lowest BCUT2D eigenvalue weighted by Crippen LogP contribution is -2.31. The fourth-order valence-electron chi connectivity index (χ4n) is 3.04. The zero-order valence-corrected chi connectivity index (χ0v) is 19.7. The van der Waals surface area contributed by atoms with Gasteiger partial charge in [0.05, 0.1) is 11.6 Å². The molecule has 0 aliphatic carbocycles. The number of hydrogen-bond acceptors (Lipinski definition) is 5. The van der Waals surface area contributed by atoms with E-state index in [2.05, 4.69) is 22.0 Å². The summed E-state index contributed by atoms with van der Waals surface area (Å²) in [5.74, 6) is 0.829. The number of hydrogen-bond donors (Lipinski definition) is 1. The van der Waals surface area contributed by atoms with Crippen LogP contribution >= 0.6 is 34.8 Å². The number of halogens is 3. The van der Waals surface area contributed by atoms with Gasteiger partial charge in [-0.3, -0.25) is 14.4 Å². The summed E-state index contributed by atoms with van der Waals surface area (Å²) in [5, 5.41) is 4.45. The van der Waals surface area contributed by atoms with Crippen LogP contribution in [0.25, 0.3) is 17.1 Å². The number of amidine groups is 1. The maximum absolute atomic E-state index is 11.8. The molecule has 7 nitrogen and oxygen atoms in total. The highest BCUT2D eigenvalue weighted by Crippen LogP contribution is 2.36. The van der Waals surface area contributed by atoms with Gasteiger partial charge < -0.3 is 10.1 Å². The molecule has 166 valence electrons. The smallest absolute Gasteiger partial charge is 0.325 e. The standard InChI is InChI=1S/C22H20Cl3N5O2/c1-4-32-18(31)12-28-20(26-2)19-22(27-3)30(15-8-5-13(23)6-9-15)21(29-19)16-10-7-14(24)11-17(16)25/h5-11H,3-4,12H2,1-2H3,(H,26,28). The second kappa shape index (κ2) is 10.6. The van der Waals surface area contributed by atoms with E-state index < -0.39 is 5.97 Å². The summed E-state index contributed by atoms with van der Waals surface area (Å²) in [6, 6.07) is 12.3. The number of esters is 1. The zero-order valence-electron chi connectivity index (χ0n) is 17.4. The fourth-order valence-corrected chi connectivity index (χ4v) is 3.66. The second-order valence-corrected chi connectivity index (χ2v) is 7.71. The van der Waals surface area contributed by atoms with Gasteiger partial charge in [-0.1, -0.05) is 34.8 Å². The minimum atomic E-state index is -0.417. The van der Waals surface area contributed by atoms with Crippen molar-refractivity contribution in [2.45, 2.75) is 6.92 Å². The summed E-state index contributed by atoms with van der Waals surface area (Å²) in [5.41, 5.74) is 1.75. The van der Waals surface area contributed by atoms with E-state index in [1.165, 1.54) is 0 Å². The molecule has 0 fully saturated rings. The molecular weight excluding hydrogens is 473 g/mol. The topological polar surface area (TPSA) is 80.9 Å². The van der Waals surface area contributed by atoms with Crippen molar-refractivity contribution in [2.24, 2.45) is 9.98 Å². The van der Waals surface area contributed by atoms with Gasteiger partial charge in [-0.2, -0.15) is 0 Å². The number of rotatable bonds is 7. The highest BCUT2D eigenvalue weighted by Gasteiger charge is 2.24. The van der Waals surface area contributed by atoms with E-state index in [1.807, 2.05) is 12.1 Å². The van der Waals surface area contributed by atoms with E-state index in [-0.39, 0.29) is 13.2 Å². The monoisotopic (exact) mass is 491 g/mol. The van der Waals surface area contributed by atoms with E-state index in [4.69, 9.17) is 44.5 Å². The number of aliphatic imine (C=N–C) groups is 2. The molecule has 0 radical (unpaired) electrons. The molecular formula is C22H20Cl3N5O2. The number of imidazole rings is 1. The van der Waals surface area contributed by atoms with E-state index in [0.29, 0.717) is 43.8 Å². The summed E-state index contributed by atoms with van der Waals surface area (Å²) in [6.07, 6.45) is 0. The maximum atomic E-state index is 11.8. The molecule has 0 saturated carbocycles. The van der Waals surface area contributed by atoms with Crippen LogP contribution in [-0.2, 0) is 9.53 Å². The molecule has 0 saturated heterocycles. The summed E-state index contributed by atoms with van der Waals surface area (Å²) >= 11 is 18.7. The van der Waals surface area contributed by atoms with Crippen LogP contribution in [0.1, 0.15) is 12.6 Å². The molecule has 3 aromatic rings. The van der Waals surface area contributed by atoms with Crippen LogP contribution in [0.5, 0.6) is 0 Å². The Hall–Kier alpha value is -2.87. The average molecular weight is 493 g/mol. The number of nitrogens with zero attached hydrogens (tertiary/aromatic N) is 4. The lowest BCUT2D eigenvalue weighted by Gasteiger charge is -2.12. The van der Waals surface area contributed by atoms with Crippen molar-refractivity contribution >= 4 is 59.1 Å². The van der Waals surface area contributed by atoms with Crippen molar-refractivity contribution in [3.63, 3.8) is 0 Å². The number of carbonyl (C=O) groups excluding carboxylic acids is 1. The Bertz CT molecular complexity index is 1170. The third-order valence-electron chi connectivity index (χ3n) is 4.41. The third kappa shape index (κ3) is 5.12. The molecule has 0 unspecified atom stereocenters. The van der Waals surface area contributed by atoms with Gasteiger partial charge in [0.2, 0.25) is 0 Å². The van der Waals surface area contributed by atoms with E-state index >= 15 is 0 Å². The largest absolute Gasteiger partial charge is 0.465 e. The number of benzene rings is 2. The van der Waals surface area contributed by atoms with Crippen molar-refractivity contribution in [2.75, 3.05) is 20.2 Å². The summed E-state index contributed by atoms with van der Waals surface area (Å²) in [4.78, 5) is 25.0. The Balaban J connectivity index is 2.20. The first-order chi connectivity index (χ1) is 15.4. The van der Waals surface area contributed by atoms with Crippen molar-refractivity contribution < 1.29 is 9.53 Å². The molecule has 0 atom stereocenters. The first-order valence-electron chi connectivity index (χ1n) is 9.57. The molecule has 2 aromatic carbocycles. The number of nitrogens with one attached hydrogen (secondary N) is 1. The zero-order chi connectivity index (χ0) is 23.3. The second-order valence-electron chi connectivity index (χ2n) is 6.43. The highest BCUT2D eigenvalue weighted by molar-refractivity contribution is 6.36. The van der Waals surface area contributed by atoms with Gasteiger partial charge in [0, 0.05) is 28.3 Å². The lowest BCUT2D eigenvalue weighted by molar-refractivity contribution is -0.141. The predicted octanol–water partition coefficient (Wildman–Crippen LogP) is 5.36. The molecule has 10 heteroatoms. The Morgan fingerprint density at radius 1 is 1.16 bits per heavy atom. The van der Waals surface area contributed by atoms with Gasteiger partial charge in [-0.25, -0.2) is 9.98 Å². The molecule has 1 heterocycles. The Morgan fingerprint density at radius 3 is 2.44 bits per heavy atom. The minimum absolute atomic E-state index is 0.0814. The highest BCUT2D eigenvalue weighted by atomic mass is 35.5. The van der Waals surface area contributed by atoms with Crippen molar-refractivity contribution in [1.29, 1.82) is 0 Å².